The van der Waals surface area contributed by atoms with Gasteiger partial charge in [-0.1, -0.05) is 32.0 Å². The van der Waals surface area contributed by atoms with Gasteiger partial charge in [-0.25, -0.2) is 0 Å². The van der Waals surface area contributed by atoms with Crippen LogP contribution in [-0.2, 0) is 0 Å². The Hall–Kier alpha value is -1.06. The van der Waals surface area contributed by atoms with Crippen molar-refractivity contribution >= 4 is 0 Å². The molecule has 0 aliphatic heterocycles. The zero-order valence-corrected chi connectivity index (χ0v) is 10.9. The van der Waals surface area contributed by atoms with Crippen LogP contribution in [0.15, 0.2) is 30.3 Å². The highest BCUT2D eigenvalue weighted by atomic mass is 16.5. The largest absolute Gasteiger partial charge is 0.492 e. The predicted octanol–water partition coefficient (Wildman–Crippen LogP) is 1.98. The van der Waals surface area contributed by atoms with E-state index in [1.807, 2.05) is 30.3 Å². The summed E-state index contributed by atoms with van der Waals surface area (Å²) in [6, 6.07) is 9.94. The average Bonchev–Trinajstić information content (AvgIpc) is 2.38. The van der Waals surface area contributed by atoms with Gasteiger partial charge in [-0.05, 0) is 31.1 Å². The molecule has 0 spiro atoms. The summed E-state index contributed by atoms with van der Waals surface area (Å²) in [7, 11) is 0. The highest BCUT2D eigenvalue weighted by molar-refractivity contribution is 5.20. The third-order valence-electron chi connectivity index (χ3n) is 2.84. The lowest BCUT2D eigenvalue weighted by Crippen LogP contribution is -2.34. The molecule has 0 heterocycles. The molecule has 0 aromatic heterocycles. The lowest BCUT2D eigenvalue weighted by molar-refractivity contribution is 0.197. The summed E-state index contributed by atoms with van der Waals surface area (Å²) in [5, 5.41) is 0. The number of nitrogens with zero attached hydrogens (tertiary/aromatic N) is 1. The van der Waals surface area contributed by atoms with E-state index in [0.717, 1.165) is 38.5 Å². The molecule has 0 radical (unpaired) electrons. The Labute approximate surface area is 105 Å². The van der Waals surface area contributed by atoms with E-state index in [4.69, 9.17) is 10.5 Å². The molecule has 1 aromatic carbocycles. The van der Waals surface area contributed by atoms with Crippen molar-refractivity contribution < 1.29 is 4.74 Å². The molecule has 0 saturated heterocycles. The summed E-state index contributed by atoms with van der Waals surface area (Å²) in [5.41, 5.74) is 5.64. The zero-order valence-electron chi connectivity index (χ0n) is 10.9. The van der Waals surface area contributed by atoms with E-state index in [1.165, 1.54) is 0 Å². The number of ether oxygens (including phenoxy) is 1. The molecule has 0 bridgehead atoms. The van der Waals surface area contributed by atoms with Gasteiger partial charge in [-0.3, -0.25) is 4.90 Å². The molecule has 3 heteroatoms. The van der Waals surface area contributed by atoms with Gasteiger partial charge in [0.25, 0.3) is 0 Å². The maximum Gasteiger partial charge on any atom is 0.119 e. The number of likely N-dealkylation sites (N-methyl/N-ethyl adjacent to an activating group) is 1. The Bertz CT molecular complexity index is 290. The second-order valence-electron chi connectivity index (χ2n) is 4.40. The van der Waals surface area contributed by atoms with Crippen LogP contribution < -0.4 is 10.5 Å². The first-order valence-electron chi connectivity index (χ1n) is 6.36. The predicted molar refractivity (Wildman–Crippen MR) is 72.3 cm³/mol. The molecule has 96 valence electrons. The smallest absolute Gasteiger partial charge is 0.119 e. The van der Waals surface area contributed by atoms with Gasteiger partial charge in [0.15, 0.2) is 0 Å². The molecular formula is C14H24N2O. The summed E-state index contributed by atoms with van der Waals surface area (Å²) in [4.78, 5) is 2.38. The Morgan fingerprint density at radius 3 is 2.59 bits per heavy atom. The highest BCUT2D eigenvalue weighted by Crippen LogP contribution is 2.08. The number of nitrogens with two attached hydrogens (primary N) is 1. The van der Waals surface area contributed by atoms with Crippen molar-refractivity contribution in [3.8, 4) is 5.75 Å². The lowest BCUT2D eigenvalue weighted by Gasteiger charge is -2.23. The van der Waals surface area contributed by atoms with Crippen molar-refractivity contribution in [1.82, 2.24) is 4.90 Å². The molecule has 1 unspecified atom stereocenters. The average molecular weight is 236 g/mol. The van der Waals surface area contributed by atoms with Crippen molar-refractivity contribution in [2.75, 3.05) is 32.8 Å². The first-order chi connectivity index (χ1) is 8.26. The molecule has 3 nitrogen and oxygen atoms in total. The molecule has 17 heavy (non-hydrogen) atoms. The topological polar surface area (TPSA) is 38.5 Å². The molecule has 1 aromatic rings. The molecule has 0 aliphatic rings. The second-order valence-corrected chi connectivity index (χ2v) is 4.40. The first kappa shape index (κ1) is 14.0. The Morgan fingerprint density at radius 2 is 2.00 bits per heavy atom. The van der Waals surface area contributed by atoms with Gasteiger partial charge in [0.05, 0.1) is 0 Å². The van der Waals surface area contributed by atoms with Crippen LogP contribution >= 0.6 is 0 Å². The fourth-order valence-electron chi connectivity index (χ4n) is 1.70. The van der Waals surface area contributed by atoms with Crippen LogP contribution in [0.1, 0.15) is 13.8 Å². The van der Waals surface area contributed by atoms with Gasteiger partial charge >= 0.3 is 0 Å². The van der Waals surface area contributed by atoms with E-state index >= 15 is 0 Å². The second kappa shape index (κ2) is 8.09. The van der Waals surface area contributed by atoms with Gasteiger partial charge in [0, 0.05) is 13.1 Å². The van der Waals surface area contributed by atoms with Crippen LogP contribution in [0.3, 0.4) is 0 Å². The van der Waals surface area contributed by atoms with Crippen LogP contribution in [0, 0.1) is 5.92 Å². The number of hydrogen-bond acceptors (Lipinski definition) is 3. The molecule has 0 fully saturated rings. The van der Waals surface area contributed by atoms with Gasteiger partial charge in [0.1, 0.15) is 12.4 Å². The van der Waals surface area contributed by atoms with Crippen molar-refractivity contribution in [1.29, 1.82) is 0 Å². The van der Waals surface area contributed by atoms with Crippen LogP contribution in [0.5, 0.6) is 5.75 Å². The van der Waals surface area contributed by atoms with Crippen molar-refractivity contribution in [3.63, 3.8) is 0 Å². The minimum atomic E-state index is 0.548. The highest BCUT2D eigenvalue weighted by Gasteiger charge is 2.07. The van der Waals surface area contributed by atoms with E-state index in [-0.39, 0.29) is 0 Å². The van der Waals surface area contributed by atoms with Crippen LogP contribution in [0.25, 0.3) is 0 Å². The minimum absolute atomic E-state index is 0.548. The van der Waals surface area contributed by atoms with Crippen LogP contribution in [0.4, 0.5) is 0 Å². The summed E-state index contributed by atoms with van der Waals surface area (Å²) in [6.07, 6.45) is 0. The maximum atomic E-state index is 5.68. The SMILES string of the molecule is CCN(CCOc1ccccc1)CC(C)CN. The number of para-hydroxylation sites is 1. The normalized spacial score (nSPS) is 12.7. The van der Waals surface area contributed by atoms with Gasteiger partial charge in [-0.15, -0.1) is 0 Å². The summed E-state index contributed by atoms with van der Waals surface area (Å²) in [5.74, 6) is 1.49. The molecule has 0 saturated carbocycles. The Balaban J connectivity index is 2.24. The Morgan fingerprint density at radius 1 is 1.29 bits per heavy atom. The lowest BCUT2D eigenvalue weighted by atomic mass is 10.2. The van der Waals surface area contributed by atoms with Gasteiger partial charge in [-0.2, -0.15) is 0 Å². The van der Waals surface area contributed by atoms with Crippen molar-refractivity contribution in [2.45, 2.75) is 13.8 Å². The van der Waals surface area contributed by atoms with Gasteiger partial charge in [0.2, 0.25) is 0 Å². The number of benzene rings is 1. The van der Waals surface area contributed by atoms with E-state index in [9.17, 15) is 0 Å². The van der Waals surface area contributed by atoms with Crippen molar-refractivity contribution in [2.24, 2.45) is 11.7 Å². The fraction of sp³-hybridized carbons (Fsp3) is 0.571. The van der Waals surface area contributed by atoms with Crippen LogP contribution in [0.2, 0.25) is 0 Å². The summed E-state index contributed by atoms with van der Waals surface area (Å²) in [6.45, 7) is 8.88. The van der Waals surface area contributed by atoms with Gasteiger partial charge < -0.3 is 10.5 Å². The van der Waals surface area contributed by atoms with E-state index in [1.54, 1.807) is 0 Å². The number of hydrogen-bond donors (Lipinski definition) is 1. The van der Waals surface area contributed by atoms with E-state index in [2.05, 4.69) is 18.7 Å². The minimum Gasteiger partial charge on any atom is -0.492 e. The van der Waals surface area contributed by atoms with E-state index < -0.39 is 0 Å². The zero-order chi connectivity index (χ0) is 12.5. The third-order valence-corrected chi connectivity index (χ3v) is 2.84. The number of rotatable bonds is 8. The Kier molecular flexibility index (Phi) is 6.67. The van der Waals surface area contributed by atoms with Crippen LogP contribution in [-0.4, -0.2) is 37.7 Å². The molecule has 0 amide bonds. The molecule has 2 N–H and O–H groups in total. The monoisotopic (exact) mass is 236 g/mol. The molecular weight excluding hydrogens is 212 g/mol. The summed E-state index contributed by atoms with van der Waals surface area (Å²) < 4.78 is 5.68. The van der Waals surface area contributed by atoms with Crippen molar-refractivity contribution in [3.05, 3.63) is 30.3 Å². The van der Waals surface area contributed by atoms with E-state index in [0.29, 0.717) is 5.92 Å². The maximum absolute atomic E-state index is 5.68. The molecule has 0 aliphatic carbocycles. The standard InChI is InChI=1S/C14H24N2O/c1-3-16(12-13(2)11-15)9-10-17-14-7-5-4-6-8-14/h4-8,13H,3,9-12,15H2,1-2H3. The molecule has 1 rings (SSSR count). The molecule has 1 atom stereocenters. The summed E-state index contributed by atoms with van der Waals surface area (Å²) >= 11 is 0. The quantitative estimate of drug-likeness (QED) is 0.750. The third kappa shape index (κ3) is 5.71. The fourth-order valence-corrected chi connectivity index (χ4v) is 1.70. The first-order valence-corrected chi connectivity index (χ1v) is 6.36.